The SMILES string of the molecule is CCCNc1cc(C)nc2cc(F)c(Cl)cc12. The van der Waals surface area contributed by atoms with Crippen LogP contribution in [0.3, 0.4) is 0 Å². The molecular weight excluding hydrogens is 239 g/mol. The van der Waals surface area contributed by atoms with E-state index in [1.807, 2.05) is 13.0 Å². The van der Waals surface area contributed by atoms with Crippen LogP contribution in [0.25, 0.3) is 10.9 Å². The third-order valence-electron chi connectivity index (χ3n) is 2.54. The average molecular weight is 253 g/mol. The fourth-order valence-electron chi connectivity index (χ4n) is 1.76. The molecule has 0 spiro atoms. The number of nitrogens with zero attached hydrogens (tertiary/aromatic N) is 1. The molecule has 0 aliphatic carbocycles. The highest BCUT2D eigenvalue weighted by atomic mass is 35.5. The molecule has 90 valence electrons. The number of nitrogens with one attached hydrogen (secondary N) is 1. The molecule has 0 aliphatic heterocycles. The third-order valence-corrected chi connectivity index (χ3v) is 2.83. The molecular formula is C13H14ClFN2. The Kier molecular flexibility index (Phi) is 3.48. The van der Waals surface area contributed by atoms with Crippen molar-refractivity contribution in [2.75, 3.05) is 11.9 Å². The molecule has 0 fully saturated rings. The minimum absolute atomic E-state index is 0.128. The summed E-state index contributed by atoms with van der Waals surface area (Å²) in [5.74, 6) is -0.432. The first kappa shape index (κ1) is 12.1. The first-order valence-electron chi connectivity index (χ1n) is 5.62. The molecule has 1 N–H and O–H groups in total. The van der Waals surface area contributed by atoms with E-state index in [1.54, 1.807) is 6.07 Å². The Morgan fingerprint density at radius 1 is 1.35 bits per heavy atom. The van der Waals surface area contributed by atoms with Crippen LogP contribution in [0.4, 0.5) is 10.1 Å². The monoisotopic (exact) mass is 252 g/mol. The number of benzene rings is 1. The minimum Gasteiger partial charge on any atom is -0.384 e. The number of hydrogen-bond acceptors (Lipinski definition) is 2. The Labute approximate surface area is 105 Å². The molecule has 0 unspecified atom stereocenters. The van der Waals surface area contributed by atoms with Gasteiger partial charge >= 0.3 is 0 Å². The highest BCUT2D eigenvalue weighted by molar-refractivity contribution is 6.31. The summed E-state index contributed by atoms with van der Waals surface area (Å²) in [4.78, 5) is 4.31. The van der Waals surface area contributed by atoms with Crippen LogP contribution in [0.1, 0.15) is 19.0 Å². The van der Waals surface area contributed by atoms with Gasteiger partial charge in [0.2, 0.25) is 0 Å². The molecule has 0 radical (unpaired) electrons. The van der Waals surface area contributed by atoms with Crippen molar-refractivity contribution in [3.05, 3.63) is 34.7 Å². The number of anilines is 1. The lowest BCUT2D eigenvalue weighted by molar-refractivity contribution is 0.630. The zero-order chi connectivity index (χ0) is 12.4. The van der Waals surface area contributed by atoms with E-state index < -0.39 is 5.82 Å². The van der Waals surface area contributed by atoms with Gasteiger partial charge in [-0.15, -0.1) is 0 Å². The van der Waals surface area contributed by atoms with Crippen molar-refractivity contribution in [2.24, 2.45) is 0 Å². The van der Waals surface area contributed by atoms with Gasteiger partial charge in [-0.1, -0.05) is 18.5 Å². The maximum atomic E-state index is 13.4. The van der Waals surface area contributed by atoms with Gasteiger partial charge in [0.1, 0.15) is 5.82 Å². The van der Waals surface area contributed by atoms with Crippen molar-refractivity contribution < 1.29 is 4.39 Å². The van der Waals surface area contributed by atoms with Crippen LogP contribution in [-0.4, -0.2) is 11.5 Å². The highest BCUT2D eigenvalue weighted by Crippen LogP contribution is 2.28. The highest BCUT2D eigenvalue weighted by Gasteiger charge is 2.08. The Bertz CT molecular complexity index is 555. The zero-order valence-electron chi connectivity index (χ0n) is 9.85. The summed E-state index contributed by atoms with van der Waals surface area (Å²) in [5.41, 5.74) is 2.44. The molecule has 1 aromatic heterocycles. The van der Waals surface area contributed by atoms with Gasteiger partial charge in [0.15, 0.2) is 0 Å². The Hall–Kier alpha value is -1.35. The lowest BCUT2D eigenvalue weighted by Gasteiger charge is -2.10. The molecule has 2 aromatic rings. The van der Waals surface area contributed by atoms with E-state index >= 15 is 0 Å². The molecule has 0 bridgehead atoms. The molecule has 2 nitrogen and oxygen atoms in total. The number of fused-ring (bicyclic) bond motifs is 1. The minimum atomic E-state index is -0.432. The van der Waals surface area contributed by atoms with Crippen LogP contribution < -0.4 is 5.32 Å². The van der Waals surface area contributed by atoms with Crippen LogP contribution in [0.2, 0.25) is 5.02 Å². The standard InChI is InChI=1S/C13H14ClFN2/c1-3-4-16-12-5-8(2)17-13-7-11(15)10(14)6-9(12)13/h5-7H,3-4H2,1-2H3,(H,16,17). The van der Waals surface area contributed by atoms with Crippen molar-refractivity contribution in [3.63, 3.8) is 0 Å². The van der Waals surface area contributed by atoms with E-state index in [0.29, 0.717) is 5.52 Å². The van der Waals surface area contributed by atoms with E-state index in [4.69, 9.17) is 11.6 Å². The summed E-state index contributed by atoms with van der Waals surface area (Å²) in [6.45, 7) is 4.85. The Morgan fingerprint density at radius 2 is 2.12 bits per heavy atom. The quantitative estimate of drug-likeness (QED) is 0.887. The molecule has 17 heavy (non-hydrogen) atoms. The largest absolute Gasteiger partial charge is 0.384 e. The van der Waals surface area contributed by atoms with Crippen LogP contribution in [-0.2, 0) is 0 Å². The van der Waals surface area contributed by atoms with E-state index in [-0.39, 0.29) is 5.02 Å². The Morgan fingerprint density at radius 3 is 2.82 bits per heavy atom. The maximum Gasteiger partial charge on any atom is 0.143 e. The second-order valence-corrected chi connectivity index (χ2v) is 4.43. The molecule has 4 heteroatoms. The van der Waals surface area contributed by atoms with Crippen molar-refractivity contribution in [2.45, 2.75) is 20.3 Å². The van der Waals surface area contributed by atoms with E-state index in [1.165, 1.54) is 6.07 Å². The summed E-state index contributed by atoms with van der Waals surface area (Å²) in [6.07, 6.45) is 1.03. The van der Waals surface area contributed by atoms with E-state index in [9.17, 15) is 4.39 Å². The van der Waals surface area contributed by atoms with Gasteiger partial charge in [0.25, 0.3) is 0 Å². The number of aryl methyl sites for hydroxylation is 1. The smallest absolute Gasteiger partial charge is 0.143 e. The first-order chi connectivity index (χ1) is 8.11. The molecule has 1 heterocycles. The van der Waals surface area contributed by atoms with Crippen molar-refractivity contribution in [1.82, 2.24) is 4.98 Å². The summed E-state index contributed by atoms with van der Waals surface area (Å²) < 4.78 is 13.4. The lowest BCUT2D eigenvalue weighted by atomic mass is 10.1. The van der Waals surface area contributed by atoms with Gasteiger partial charge in [-0.3, -0.25) is 4.98 Å². The third kappa shape index (κ3) is 2.50. The summed E-state index contributed by atoms with van der Waals surface area (Å²) >= 11 is 5.80. The van der Waals surface area contributed by atoms with Crippen molar-refractivity contribution in [1.29, 1.82) is 0 Å². The summed E-state index contributed by atoms with van der Waals surface area (Å²) in [5, 5.41) is 4.29. The van der Waals surface area contributed by atoms with Gasteiger partial charge in [0, 0.05) is 29.4 Å². The van der Waals surface area contributed by atoms with Gasteiger partial charge in [-0.2, -0.15) is 0 Å². The van der Waals surface area contributed by atoms with Crippen LogP contribution in [0.5, 0.6) is 0 Å². The fourth-order valence-corrected chi connectivity index (χ4v) is 1.92. The lowest BCUT2D eigenvalue weighted by Crippen LogP contribution is -2.02. The van der Waals surface area contributed by atoms with Crippen molar-refractivity contribution >= 4 is 28.2 Å². The van der Waals surface area contributed by atoms with Crippen LogP contribution in [0.15, 0.2) is 18.2 Å². The van der Waals surface area contributed by atoms with Crippen LogP contribution in [0, 0.1) is 12.7 Å². The predicted molar refractivity (Wildman–Crippen MR) is 70.2 cm³/mol. The number of halogens is 2. The van der Waals surface area contributed by atoms with Gasteiger partial charge in [-0.25, -0.2) is 4.39 Å². The topological polar surface area (TPSA) is 24.9 Å². The number of pyridine rings is 1. The predicted octanol–water partition coefficient (Wildman–Crippen LogP) is 4.16. The van der Waals surface area contributed by atoms with E-state index in [2.05, 4.69) is 17.2 Å². The zero-order valence-corrected chi connectivity index (χ0v) is 10.6. The molecule has 0 atom stereocenters. The molecule has 0 saturated heterocycles. The van der Waals surface area contributed by atoms with Gasteiger partial charge in [0.05, 0.1) is 10.5 Å². The molecule has 0 saturated carbocycles. The van der Waals surface area contributed by atoms with Gasteiger partial charge < -0.3 is 5.32 Å². The summed E-state index contributed by atoms with van der Waals surface area (Å²) in [6, 6.07) is 4.95. The number of hydrogen-bond donors (Lipinski definition) is 1. The average Bonchev–Trinajstić information content (AvgIpc) is 2.28. The van der Waals surface area contributed by atoms with Gasteiger partial charge in [-0.05, 0) is 25.5 Å². The maximum absolute atomic E-state index is 13.4. The van der Waals surface area contributed by atoms with E-state index in [0.717, 1.165) is 29.7 Å². The second-order valence-electron chi connectivity index (χ2n) is 4.02. The fraction of sp³-hybridized carbons (Fsp3) is 0.308. The first-order valence-corrected chi connectivity index (χ1v) is 6.00. The van der Waals surface area contributed by atoms with Crippen molar-refractivity contribution in [3.8, 4) is 0 Å². The molecule has 0 amide bonds. The molecule has 0 aliphatic rings. The summed E-state index contributed by atoms with van der Waals surface area (Å²) in [7, 11) is 0. The molecule has 1 aromatic carbocycles. The Balaban J connectivity index is 2.61. The van der Waals surface area contributed by atoms with Crippen LogP contribution >= 0.6 is 11.6 Å². The number of aromatic nitrogens is 1. The number of rotatable bonds is 3. The normalized spacial score (nSPS) is 10.8. The second kappa shape index (κ2) is 4.88. The molecule has 2 rings (SSSR count).